The molecule has 1 N–H and O–H groups in total. The highest BCUT2D eigenvalue weighted by Crippen LogP contribution is 2.28. The van der Waals surface area contributed by atoms with Crippen molar-refractivity contribution >= 4 is 11.3 Å². The number of ether oxygens (including phenoxy) is 1. The van der Waals surface area contributed by atoms with E-state index in [0.29, 0.717) is 0 Å². The molecule has 0 saturated heterocycles. The second-order valence-electron chi connectivity index (χ2n) is 4.81. The lowest BCUT2D eigenvalue weighted by Gasteiger charge is -2.19. The highest BCUT2D eigenvalue weighted by atomic mass is 32.1. The van der Waals surface area contributed by atoms with Gasteiger partial charge in [0.1, 0.15) is 5.75 Å². The van der Waals surface area contributed by atoms with Gasteiger partial charge in [-0.25, -0.2) is 4.98 Å². The molecule has 1 atom stereocenters. The van der Waals surface area contributed by atoms with Crippen LogP contribution >= 0.6 is 11.3 Å². The van der Waals surface area contributed by atoms with Crippen molar-refractivity contribution in [2.75, 3.05) is 13.7 Å². The van der Waals surface area contributed by atoms with E-state index in [2.05, 4.69) is 34.7 Å². The second kappa shape index (κ2) is 7.41. The molecule has 1 aromatic carbocycles. The number of benzene rings is 1. The molecule has 3 nitrogen and oxygen atoms in total. The molecule has 0 aliphatic rings. The number of aromatic nitrogens is 1. The number of para-hydroxylation sites is 1. The molecule has 108 valence electrons. The predicted octanol–water partition coefficient (Wildman–Crippen LogP) is 3.74. The summed E-state index contributed by atoms with van der Waals surface area (Å²) in [6.45, 7) is 4.91. The molecule has 0 saturated carbocycles. The van der Waals surface area contributed by atoms with Crippen molar-refractivity contribution in [2.45, 2.75) is 32.7 Å². The number of likely N-dealkylation sites (N-methyl/N-ethyl adjacent to an activating group) is 1. The smallest absolute Gasteiger partial charge is 0.124 e. The van der Waals surface area contributed by atoms with Crippen LogP contribution in [0, 0.1) is 6.92 Å². The number of thiazole rings is 1. The standard InChI is InChI=1S/C16H22N2OS/c1-4-9-19-15-8-6-5-7-13(15)14(17-3)10-16-18-12(2)11-20-16/h5-8,11,14,17H,4,9-10H2,1-3H3. The van der Waals surface area contributed by atoms with E-state index in [4.69, 9.17) is 4.74 Å². The molecule has 0 fully saturated rings. The van der Waals surface area contributed by atoms with Crippen molar-refractivity contribution in [1.29, 1.82) is 0 Å². The average Bonchev–Trinajstić information content (AvgIpc) is 2.88. The van der Waals surface area contributed by atoms with Gasteiger partial charge < -0.3 is 10.1 Å². The summed E-state index contributed by atoms with van der Waals surface area (Å²) in [6, 6.07) is 8.49. The Kier molecular flexibility index (Phi) is 5.56. The Labute approximate surface area is 125 Å². The van der Waals surface area contributed by atoms with E-state index in [9.17, 15) is 0 Å². The Morgan fingerprint density at radius 1 is 1.35 bits per heavy atom. The molecular weight excluding hydrogens is 268 g/mol. The zero-order chi connectivity index (χ0) is 14.4. The minimum Gasteiger partial charge on any atom is -0.493 e. The maximum absolute atomic E-state index is 5.86. The fourth-order valence-corrected chi connectivity index (χ4v) is 2.97. The van der Waals surface area contributed by atoms with Gasteiger partial charge in [-0.05, 0) is 26.5 Å². The first-order chi connectivity index (χ1) is 9.74. The van der Waals surface area contributed by atoms with Crippen molar-refractivity contribution in [3.8, 4) is 5.75 Å². The van der Waals surface area contributed by atoms with Crippen molar-refractivity contribution in [1.82, 2.24) is 10.3 Å². The molecular formula is C16H22N2OS. The molecule has 20 heavy (non-hydrogen) atoms. The predicted molar refractivity (Wildman–Crippen MR) is 84.6 cm³/mol. The molecule has 4 heteroatoms. The lowest BCUT2D eigenvalue weighted by molar-refractivity contribution is 0.310. The maximum atomic E-state index is 5.86. The number of hydrogen-bond donors (Lipinski definition) is 1. The van der Waals surface area contributed by atoms with Crippen LogP contribution in [-0.2, 0) is 6.42 Å². The van der Waals surface area contributed by atoms with Gasteiger partial charge in [-0.2, -0.15) is 0 Å². The number of nitrogens with one attached hydrogen (secondary N) is 1. The molecule has 2 rings (SSSR count). The molecule has 0 aliphatic heterocycles. The first kappa shape index (κ1) is 15.0. The van der Waals surface area contributed by atoms with E-state index in [-0.39, 0.29) is 6.04 Å². The van der Waals surface area contributed by atoms with Crippen LogP contribution in [0.3, 0.4) is 0 Å². The summed E-state index contributed by atoms with van der Waals surface area (Å²) >= 11 is 1.72. The van der Waals surface area contributed by atoms with Crippen LogP contribution in [0.15, 0.2) is 29.6 Å². The third-order valence-electron chi connectivity index (χ3n) is 3.15. The fourth-order valence-electron chi connectivity index (χ4n) is 2.15. The van der Waals surface area contributed by atoms with Gasteiger partial charge in [-0.1, -0.05) is 25.1 Å². The van der Waals surface area contributed by atoms with E-state index < -0.39 is 0 Å². The van der Waals surface area contributed by atoms with Crippen molar-refractivity contribution < 1.29 is 4.74 Å². The summed E-state index contributed by atoms with van der Waals surface area (Å²) in [6.07, 6.45) is 1.91. The Morgan fingerprint density at radius 2 is 2.15 bits per heavy atom. The molecule has 0 amide bonds. The van der Waals surface area contributed by atoms with Gasteiger partial charge in [-0.15, -0.1) is 11.3 Å². The summed E-state index contributed by atoms with van der Waals surface area (Å²) in [7, 11) is 1.99. The van der Waals surface area contributed by atoms with Crippen LogP contribution in [0.4, 0.5) is 0 Å². The Balaban J connectivity index is 2.18. The van der Waals surface area contributed by atoms with Gasteiger partial charge in [0.05, 0.1) is 11.6 Å². The zero-order valence-electron chi connectivity index (χ0n) is 12.3. The van der Waals surface area contributed by atoms with Crippen LogP contribution in [0.1, 0.15) is 35.7 Å². The van der Waals surface area contributed by atoms with E-state index in [1.165, 1.54) is 5.56 Å². The quantitative estimate of drug-likeness (QED) is 0.843. The van der Waals surface area contributed by atoms with Gasteiger partial charge >= 0.3 is 0 Å². The van der Waals surface area contributed by atoms with E-state index in [0.717, 1.165) is 35.9 Å². The van der Waals surface area contributed by atoms with E-state index in [1.807, 2.05) is 26.1 Å². The second-order valence-corrected chi connectivity index (χ2v) is 5.76. The van der Waals surface area contributed by atoms with Gasteiger partial charge in [0.2, 0.25) is 0 Å². The Hall–Kier alpha value is -1.39. The molecule has 0 spiro atoms. The van der Waals surface area contributed by atoms with Crippen LogP contribution < -0.4 is 10.1 Å². The summed E-state index contributed by atoms with van der Waals surface area (Å²) in [5.74, 6) is 0.974. The summed E-state index contributed by atoms with van der Waals surface area (Å²) in [5.41, 5.74) is 2.30. The largest absolute Gasteiger partial charge is 0.493 e. The van der Waals surface area contributed by atoms with Crippen LogP contribution in [0.2, 0.25) is 0 Å². The molecule has 1 unspecified atom stereocenters. The van der Waals surface area contributed by atoms with Gasteiger partial charge in [0, 0.05) is 29.1 Å². The van der Waals surface area contributed by atoms with E-state index in [1.54, 1.807) is 11.3 Å². The van der Waals surface area contributed by atoms with Crippen molar-refractivity contribution in [2.24, 2.45) is 0 Å². The van der Waals surface area contributed by atoms with Crippen molar-refractivity contribution in [3.63, 3.8) is 0 Å². The lowest BCUT2D eigenvalue weighted by atomic mass is 10.0. The summed E-state index contributed by atoms with van der Waals surface area (Å²) < 4.78 is 5.86. The van der Waals surface area contributed by atoms with Gasteiger partial charge in [0.15, 0.2) is 0 Å². The number of aryl methyl sites for hydroxylation is 1. The maximum Gasteiger partial charge on any atom is 0.124 e. The van der Waals surface area contributed by atoms with Gasteiger partial charge in [-0.3, -0.25) is 0 Å². The normalized spacial score (nSPS) is 12.3. The van der Waals surface area contributed by atoms with E-state index >= 15 is 0 Å². The highest BCUT2D eigenvalue weighted by Gasteiger charge is 2.16. The molecule has 0 bridgehead atoms. The SMILES string of the molecule is CCCOc1ccccc1C(Cc1nc(C)cs1)NC. The third kappa shape index (κ3) is 3.81. The average molecular weight is 290 g/mol. The highest BCUT2D eigenvalue weighted by molar-refractivity contribution is 7.09. The first-order valence-corrected chi connectivity index (χ1v) is 7.92. The zero-order valence-corrected chi connectivity index (χ0v) is 13.2. The fraction of sp³-hybridized carbons (Fsp3) is 0.438. The van der Waals surface area contributed by atoms with Crippen LogP contribution in [-0.4, -0.2) is 18.6 Å². The lowest BCUT2D eigenvalue weighted by Crippen LogP contribution is -2.19. The molecule has 0 aliphatic carbocycles. The van der Waals surface area contributed by atoms with Crippen LogP contribution in [0.5, 0.6) is 5.75 Å². The molecule has 1 heterocycles. The third-order valence-corrected chi connectivity index (χ3v) is 4.14. The van der Waals surface area contributed by atoms with Crippen LogP contribution in [0.25, 0.3) is 0 Å². The Bertz CT molecular complexity index is 539. The molecule has 0 radical (unpaired) electrons. The van der Waals surface area contributed by atoms with Crippen molar-refractivity contribution in [3.05, 3.63) is 45.9 Å². The summed E-state index contributed by atoms with van der Waals surface area (Å²) in [4.78, 5) is 4.55. The minimum absolute atomic E-state index is 0.230. The number of nitrogens with zero attached hydrogens (tertiary/aromatic N) is 1. The monoisotopic (exact) mass is 290 g/mol. The molecule has 2 aromatic rings. The Morgan fingerprint density at radius 3 is 2.80 bits per heavy atom. The minimum atomic E-state index is 0.230. The number of rotatable bonds is 7. The first-order valence-electron chi connectivity index (χ1n) is 7.04. The molecule has 1 aromatic heterocycles. The summed E-state index contributed by atoms with van der Waals surface area (Å²) in [5, 5.41) is 6.64. The van der Waals surface area contributed by atoms with Gasteiger partial charge in [0.25, 0.3) is 0 Å². The number of hydrogen-bond acceptors (Lipinski definition) is 4. The topological polar surface area (TPSA) is 34.1 Å².